The molecule has 0 spiro atoms. The third kappa shape index (κ3) is 2.05. The lowest BCUT2D eigenvalue weighted by atomic mass is 9.90. The van der Waals surface area contributed by atoms with Crippen LogP contribution < -0.4 is 5.73 Å². The van der Waals surface area contributed by atoms with E-state index in [1.54, 1.807) is 0 Å². The minimum Gasteiger partial charge on any atom is -0.396 e. The maximum Gasteiger partial charge on any atom is 0.165 e. The number of aliphatic hydroxyl groups excluding tert-OH is 3. The van der Waals surface area contributed by atoms with Gasteiger partial charge >= 0.3 is 0 Å². The topological polar surface area (TPSA) is 105 Å². The zero-order valence-corrected chi connectivity index (χ0v) is 8.04. The standard InChI is InChI=1S/C8H17NO5/c1-13-8-4(2-10)7(12)6(9)5(3-11)14-8/h4-8,10-12H,2-3,9H2,1H3/t4-,5-,6-,7-,8-/m1/s1. The van der Waals surface area contributed by atoms with Crippen molar-refractivity contribution < 1.29 is 24.8 Å². The summed E-state index contributed by atoms with van der Waals surface area (Å²) in [4.78, 5) is 0. The molecule has 0 unspecified atom stereocenters. The van der Waals surface area contributed by atoms with E-state index in [9.17, 15) is 5.11 Å². The van der Waals surface area contributed by atoms with E-state index < -0.39 is 30.5 Å². The van der Waals surface area contributed by atoms with Crippen molar-refractivity contribution >= 4 is 0 Å². The minimum atomic E-state index is -0.934. The SMILES string of the molecule is CO[C@@H]1O[C@H](CO)[C@@H](N)[C@H](O)[C@H]1CO. The van der Waals surface area contributed by atoms with Crippen LogP contribution in [0.3, 0.4) is 0 Å². The highest BCUT2D eigenvalue weighted by Crippen LogP contribution is 2.25. The quantitative estimate of drug-likeness (QED) is 0.413. The lowest BCUT2D eigenvalue weighted by Gasteiger charge is -2.41. The van der Waals surface area contributed by atoms with E-state index in [1.807, 2.05) is 0 Å². The molecule has 1 rings (SSSR count). The fourth-order valence-electron chi connectivity index (χ4n) is 1.62. The Kier molecular flexibility index (Phi) is 4.24. The zero-order chi connectivity index (χ0) is 10.7. The first-order valence-corrected chi connectivity index (χ1v) is 4.49. The Morgan fingerprint density at radius 2 is 2.00 bits per heavy atom. The van der Waals surface area contributed by atoms with Crippen molar-refractivity contribution in [1.82, 2.24) is 0 Å². The molecule has 0 aliphatic carbocycles. The minimum absolute atomic E-state index is 0.272. The van der Waals surface area contributed by atoms with E-state index in [1.165, 1.54) is 7.11 Å². The van der Waals surface area contributed by atoms with Gasteiger partial charge in [0.25, 0.3) is 0 Å². The van der Waals surface area contributed by atoms with Gasteiger partial charge < -0.3 is 30.5 Å². The molecule has 6 nitrogen and oxygen atoms in total. The van der Waals surface area contributed by atoms with Gasteiger partial charge in [-0.15, -0.1) is 0 Å². The van der Waals surface area contributed by atoms with Crippen LogP contribution in [-0.2, 0) is 9.47 Å². The molecular weight excluding hydrogens is 190 g/mol. The van der Waals surface area contributed by atoms with E-state index >= 15 is 0 Å². The Hall–Kier alpha value is -0.240. The van der Waals surface area contributed by atoms with Crippen LogP contribution in [-0.4, -0.2) is 60.2 Å². The molecule has 0 aromatic heterocycles. The summed E-state index contributed by atoms with van der Waals surface area (Å²) in [5.41, 5.74) is 5.61. The maximum absolute atomic E-state index is 9.68. The highest BCUT2D eigenvalue weighted by molar-refractivity contribution is 4.91. The van der Waals surface area contributed by atoms with Crippen LogP contribution >= 0.6 is 0 Å². The third-order valence-corrected chi connectivity index (χ3v) is 2.54. The van der Waals surface area contributed by atoms with Crippen LogP contribution in [0.2, 0.25) is 0 Å². The fraction of sp³-hybridized carbons (Fsp3) is 1.00. The number of nitrogens with two attached hydrogens (primary N) is 1. The number of hydrogen-bond donors (Lipinski definition) is 4. The van der Waals surface area contributed by atoms with Crippen LogP contribution in [0.5, 0.6) is 0 Å². The summed E-state index contributed by atoms with van der Waals surface area (Å²) in [7, 11) is 1.41. The van der Waals surface area contributed by atoms with Crippen LogP contribution in [0.4, 0.5) is 0 Å². The molecule has 0 saturated carbocycles. The summed E-state index contributed by atoms with van der Waals surface area (Å²) in [5.74, 6) is -0.571. The van der Waals surface area contributed by atoms with Gasteiger partial charge in [-0.05, 0) is 0 Å². The Morgan fingerprint density at radius 1 is 1.36 bits per heavy atom. The molecule has 0 bridgehead atoms. The predicted octanol–water partition coefficient (Wildman–Crippen LogP) is -2.35. The molecule has 5 atom stereocenters. The van der Waals surface area contributed by atoms with Crippen LogP contribution in [0.1, 0.15) is 0 Å². The van der Waals surface area contributed by atoms with Crippen molar-refractivity contribution in [2.24, 2.45) is 11.7 Å². The lowest BCUT2D eigenvalue weighted by Crippen LogP contribution is -2.60. The van der Waals surface area contributed by atoms with Crippen LogP contribution in [0.15, 0.2) is 0 Å². The van der Waals surface area contributed by atoms with Crippen molar-refractivity contribution in [2.75, 3.05) is 20.3 Å². The van der Waals surface area contributed by atoms with Gasteiger partial charge in [0.05, 0.1) is 31.3 Å². The van der Waals surface area contributed by atoms with Gasteiger partial charge in [0.15, 0.2) is 6.29 Å². The normalized spacial score (nSPS) is 43.9. The van der Waals surface area contributed by atoms with Gasteiger partial charge in [-0.2, -0.15) is 0 Å². The van der Waals surface area contributed by atoms with E-state index in [0.29, 0.717) is 0 Å². The molecule has 5 N–H and O–H groups in total. The summed E-state index contributed by atoms with van der Waals surface area (Å²) in [6.07, 6.45) is -2.32. The second-order valence-corrected chi connectivity index (χ2v) is 3.38. The number of methoxy groups -OCH3 is 1. The molecule has 1 aliphatic heterocycles. The number of aliphatic hydroxyl groups is 3. The van der Waals surface area contributed by atoms with Crippen LogP contribution in [0.25, 0.3) is 0 Å². The smallest absolute Gasteiger partial charge is 0.165 e. The van der Waals surface area contributed by atoms with Gasteiger partial charge in [0.1, 0.15) is 6.10 Å². The zero-order valence-electron chi connectivity index (χ0n) is 8.04. The third-order valence-electron chi connectivity index (χ3n) is 2.54. The van der Waals surface area contributed by atoms with Crippen molar-refractivity contribution in [2.45, 2.75) is 24.5 Å². The van der Waals surface area contributed by atoms with E-state index in [2.05, 4.69) is 0 Å². The number of rotatable bonds is 3. The predicted molar refractivity (Wildman–Crippen MR) is 47.3 cm³/mol. The summed E-state index contributed by atoms with van der Waals surface area (Å²) in [5, 5.41) is 27.6. The molecule has 1 aliphatic rings. The van der Waals surface area contributed by atoms with Gasteiger partial charge in [0.2, 0.25) is 0 Å². The summed E-state index contributed by atoms with van der Waals surface area (Å²) >= 11 is 0. The molecule has 84 valence electrons. The van der Waals surface area contributed by atoms with Gasteiger partial charge in [0, 0.05) is 7.11 Å². The Labute approximate surface area is 82.2 Å². The molecule has 0 aromatic carbocycles. The first-order chi connectivity index (χ1) is 6.65. The molecule has 6 heteroatoms. The first kappa shape index (κ1) is 11.8. The van der Waals surface area contributed by atoms with E-state index in [-0.39, 0.29) is 13.2 Å². The molecule has 1 heterocycles. The highest BCUT2D eigenvalue weighted by Gasteiger charge is 2.42. The van der Waals surface area contributed by atoms with E-state index in [4.69, 9.17) is 25.4 Å². The summed E-state index contributed by atoms with van der Waals surface area (Å²) in [6, 6.07) is -0.705. The molecule has 1 saturated heterocycles. The van der Waals surface area contributed by atoms with Crippen molar-refractivity contribution in [3.8, 4) is 0 Å². The first-order valence-electron chi connectivity index (χ1n) is 4.49. The van der Waals surface area contributed by atoms with E-state index in [0.717, 1.165) is 0 Å². The molecule has 14 heavy (non-hydrogen) atoms. The molecule has 0 amide bonds. The van der Waals surface area contributed by atoms with Gasteiger partial charge in [-0.1, -0.05) is 0 Å². The molecule has 0 aromatic rings. The number of ether oxygens (including phenoxy) is 2. The molecule has 0 radical (unpaired) electrons. The van der Waals surface area contributed by atoms with Crippen molar-refractivity contribution in [3.05, 3.63) is 0 Å². The summed E-state index contributed by atoms with van der Waals surface area (Å²) < 4.78 is 10.2. The van der Waals surface area contributed by atoms with Gasteiger partial charge in [-0.3, -0.25) is 0 Å². The Bertz CT molecular complexity index is 177. The monoisotopic (exact) mass is 207 g/mol. The summed E-state index contributed by atoms with van der Waals surface area (Å²) in [6.45, 7) is -0.554. The largest absolute Gasteiger partial charge is 0.396 e. The molecular formula is C8H17NO5. The Balaban J connectivity index is 2.71. The fourth-order valence-corrected chi connectivity index (χ4v) is 1.62. The Morgan fingerprint density at radius 3 is 2.43 bits per heavy atom. The van der Waals surface area contributed by atoms with Crippen molar-refractivity contribution in [1.29, 1.82) is 0 Å². The second kappa shape index (κ2) is 5.01. The highest BCUT2D eigenvalue weighted by atomic mass is 16.7. The average Bonchev–Trinajstić information content (AvgIpc) is 2.21. The van der Waals surface area contributed by atoms with Crippen molar-refractivity contribution in [3.63, 3.8) is 0 Å². The average molecular weight is 207 g/mol. The lowest BCUT2D eigenvalue weighted by molar-refractivity contribution is -0.255. The van der Waals surface area contributed by atoms with Crippen LogP contribution in [0, 0.1) is 5.92 Å². The number of hydrogen-bond acceptors (Lipinski definition) is 6. The molecule has 1 fully saturated rings. The van der Waals surface area contributed by atoms with Gasteiger partial charge in [-0.25, -0.2) is 0 Å². The second-order valence-electron chi connectivity index (χ2n) is 3.38. The maximum atomic E-state index is 9.68.